The highest BCUT2D eigenvalue weighted by Crippen LogP contribution is 2.12. The van der Waals surface area contributed by atoms with E-state index in [-0.39, 0.29) is 24.1 Å². The molecular formula is C17H23N3O4. The first kappa shape index (κ1) is 18.1. The van der Waals surface area contributed by atoms with Crippen molar-refractivity contribution >= 4 is 17.7 Å². The van der Waals surface area contributed by atoms with Gasteiger partial charge in [0.1, 0.15) is 12.6 Å². The zero-order valence-electron chi connectivity index (χ0n) is 13.8. The Morgan fingerprint density at radius 1 is 1.33 bits per heavy atom. The highest BCUT2D eigenvalue weighted by Gasteiger charge is 2.34. The molecule has 24 heavy (non-hydrogen) atoms. The minimum Gasteiger partial charge on any atom is -0.445 e. The number of rotatable bonds is 8. The van der Waals surface area contributed by atoms with Crippen LogP contribution in [0.25, 0.3) is 0 Å². The van der Waals surface area contributed by atoms with Gasteiger partial charge in [-0.1, -0.05) is 6.92 Å². The van der Waals surface area contributed by atoms with E-state index in [0.717, 1.165) is 5.56 Å². The normalized spacial score (nSPS) is 20.0. The molecule has 2 heterocycles. The number of nitrogens with one attached hydrogen (secondary N) is 2. The van der Waals surface area contributed by atoms with E-state index < -0.39 is 12.1 Å². The van der Waals surface area contributed by atoms with Crippen molar-refractivity contribution in [1.82, 2.24) is 15.6 Å². The van der Waals surface area contributed by atoms with E-state index in [1.165, 1.54) is 0 Å². The molecule has 2 N–H and O–H groups in total. The molecule has 1 aliphatic heterocycles. The summed E-state index contributed by atoms with van der Waals surface area (Å²) in [5.74, 6) is -0.168. The number of alkyl carbamates (subject to hydrolysis) is 1. The molecule has 1 saturated heterocycles. The third-order valence-electron chi connectivity index (χ3n) is 3.96. The lowest BCUT2D eigenvalue weighted by molar-refractivity contribution is -0.129. The molecule has 0 bridgehead atoms. The fourth-order valence-corrected chi connectivity index (χ4v) is 2.49. The molecule has 0 saturated carbocycles. The lowest BCUT2D eigenvalue weighted by Crippen LogP contribution is -2.36. The van der Waals surface area contributed by atoms with E-state index in [4.69, 9.17) is 4.74 Å². The summed E-state index contributed by atoms with van der Waals surface area (Å²) in [7, 11) is 0. The number of hydrogen-bond acceptors (Lipinski definition) is 6. The van der Waals surface area contributed by atoms with E-state index in [9.17, 15) is 14.4 Å². The number of nitrogens with zero attached hydrogens (tertiary/aromatic N) is 1. The van der Waals surface area contributed by atoms with Gasteiger partial charge in [0.15, 0.2) is 11.6 Å². The van der Waals surface area contributed by atoms with Gasteiger partial charge in [0.05, 0.1) is 0 Å². The lowest BCUT2D eigenvalue weighted by Gasteiger charge is -2.09. The maximum atomic E-state index is 12.0. The summed E-state index contributed by atoms with van der Waals surface area (Å²) in [4.78, 5) is 39.1. The van der Waals surface area contributed by atoms with Crippen LogP contribution in [-0.2, 0) is 20.9 Å². The molecule has 130 valence electrons. The molecule has 1 aromatic heterocycles. The molecule has 7 nitrogen and oxygen atoms in total. The first-order chi connectivity index (χ1) is 11.6. The van der Waals surface area contributed by atoms with Crippen LogP contribution in [0, 0.1) is 5.92 Å². The van der Waals surface area contributed by atoms with Gasteiger partial charge in [-0.15, -0.1) is 0 Å². The largest absolute Gasteiger partial charge is 0.445 e. The Morgan fingerprint density at radius 3 is 2.75 bits per heavy atom. The maximum absolute atomic E-state index is 12.0. The van der Waals surface area contributed by atoms with Gasteiger partial charge in [-0.3, -0.25) is 14.6 Å². The number of ether oxygens (including phenoxy) is 1. The standard InChI is InChI=1S/C17H23N3O4/c1-12-10-20-15(16(12)22)14(21)4-2-3-7-19-17(23)24-11-13-5-8-18-9-6-13/h5-6,8-9,12,15,20H,2-4,7,10-11H2,1H3,(H,19,23)/t12?,15-/m0/s1. The van der Waals surface area contributed by atoms with Crippen LogP contribution < -0.4 is 10.6 Å². The van der Waals surface area contributed by atoms with Crippen molar-refractivity contribution in [3.63, 3.8) is 0 Å². The number of amides is 1. The molecule has 7 heteroatoms. The minimum absolute atomic E-state index is 0.0159. The summed E-state index contributed by atoms with van der Waals surface area (Å²) < 4.78 is 5.06. The third kappa shape index (κ3) is 5.42. The molecule has 1 fully saturated rings. The Labute approximate surface area is 141 Å². The fraction of sp³-hybridized carbons (Fsp3) is 0.529. The average Bonchev–Trinajstić information content (AvgIpc) is 2.93. The minimum atomic E-state index is -0.640. The number of hydrogen-bond donors (Lipinski definition) is 2. The highest BCUT2D eigenvalue weighted by molar-refractivity contribution is 6.08. The van der Waals surface area contributed by atoms with E-state index in [1.807, 2.05) is 6.92 Å². The zero-order chi connectivity index (χ0) is 17.4. The molecule has 1 amide bonds. The van der Waals surface area contributed by atoms with E-state index in [0.29, 0.717) is 32.4 Å². The van der Waals surface area contributed by atoms with Crippen molar-refractivity contribution in [2.24, 2.45) is 5.92 Å². The van der Waals surface area contributed by atoms with Crippen LogP contribution >= 0.6 is 0 Å². The van der Waals surface area contributed by atoms with E-state index in [1.54, 1.807) is 24.5 Å². The van der Waals surface area contributed by atoms with Gasteiger partial charge in [0.25, 0.3) is 0 Å². The average molecular weight is 333 g/mol. The van der Waals surface area contributed by atoms with Crippen molar-refractivity contribution in [3.05, 3.63) is 30.1 Å². The van der Waals surface area contributed by atoms with Crippen LogP contribution in [0.4, 0.5) is 4.79 Å². The smallest absolute Gasteiger partial charge is 0.407 e. The number of aromatic nitrogens is 1. The maximum Gasteiger partial charge on any atom is 0.407 e. The number of unbranched alkanes of at least 4 members (excludes halogenated alkanes) is 1. The van der Waals surface area contributed by atoms with Crippen molar-refractivity contribution in [3.8, 4) is 0 Å². The first-order valence-corrected chi connectivity index (χ1v) is 8.17. The molecule has 2 rings (SSSR count). The Balaban J connectivity index is 1.54. The molecule has 1 aromatic rings. The summed E-state index contributed by atoms with van der Waals surface area (Å²) >= 11 is 0. The number of carbonyl (C=O) groups excluding carboxylic acids is 3. The summed E-state index contributed by atoms with van der Waals surface area (Å²) in [6.07, 6.45) is 4.41. The third-order valence-corrected chi connectivity index (χ3v) is 3.96. The van der Waals surface area contributed by atoms with E-state index in [2.05, 4.69) is 15.6 Å². The van der Waals surface area contributed by atoms with Gasteiger partial charge in [-0.2, -0.15) is 0 Å². The lowest BCUT2D eigenvalue weighted by atomic mass is 10.00. The number of pyridine rings is 1. The van der Waals surface area contributed by atoms with Gasteiger partial charge in [0.2, 0.25) is 0 Å². The van der Waals surface area contributed by atoms with Gasteiger partial charge in [0, 0.05) is 37.8 Å². The summed E-state index contributed by atoms with van der Waals surface area (Å²) in [6, 6.07) is 2.91. The second-order valence-corrected chi connectivity index (χ2v) is 5.93. The first-order valence-electron chi connectivity index (χ1n) is 8.17. The summed E-state index contributed by atoms with van der Waals surface area (Å²) in [5.41, 5.74) is 0.869. The SMILES string of the molecule is CC1CN[C@@H](C(=O)CCCCNC(=O)OCc2ccncc2)C1=O. The number of ketones is 2. The molecule has 2 atom stereocenters. The van der Waals surface area contributed by atoms with Crippen LogP contribution in [0.1, 0.15) is 31.7 Å². The number of carbonyl (C=O) groups is 3. The molecular weight excluding hydrogens is 310 g/mol. The molecule has 1 unspecified atom stereocenters. The fourth-order valence-electron chi connectivity index (χ4n) is 2.49. The Morgan fingerprint density at radius 2 is 2.08 bits per heavy atom. The molecule has 1 aliphatic rings. The highest BCUT2D eigenvalue weighted by atomic mass is 16.5. The van der Waals surface area contributed by atoms with Gasteiger partial charge in [-0.05, 0) is 30.5 Å². The van der Waals surface area contributed by atoms with Crippen LogP contribution in [-0.4, -0.2) is 41.8 Å². The summed E-state index contributed by atoms with van der Waals surface area (Å²) in [6.45, 7) is 3.02. The quantitative estimate of drug-likeness (QED) is 0.548. The van der Waals surface area contributed by atoms with Crippen LogP contribution in [0.3, 0.4) is 0 Å². The topological polar surface area (TPSA) is 97.4 Å². The predicted molar refractivity (Wildman–Crippen MR) is 87.2 cm³/mol. The monoisotopic (exact) mass is 333 g/mol. The van der Waals surface area contributed by atoms with Gasteiger partial charge in [-0.25, -0.2) is 4.79 Å². The second-order valence-electron chi connectivity index (χ2n) is 5.93. The van der Waals surface area contributed by atoms with E-state index >= 15 is 0 Å². The molecule has 0 aliphatic carbocycles. The molecule has 0 aromatic carbocycles. The van der Waals surface area contributed by atoms with Crippen molar-refractivity contribution in [2.75, 3.05) is 13.1 Å². The summed E-state index contributed by atoms with van der Waals surface area (Å²) in [5, 5.41) is 5.60. The zero-order valence-corrected chi connectivity index (χ0v) is 13.8. The van der Waals surface area contributed by atoms with Gasteiger partial charge < -0.3 is 15.4 Å². The van der Waals surface area contributed by atoms with Crippen LogP contribution in [0.5, 0.6) is 0 Å². The molecule has 0 spiro atoms. The molecule has 0 radical (unpaired) electrons. The van der Waals surface area contributed by atoms with Gasteiger partial charge >= 0.3 is 6.09 Å². The second kappa shape index (κ2) is 9.12. The predicted octanol–water partition coefficient (Wildman–Crippen LogP) is 1.22. The Hall–Kier alpha value is -2.28. The Bertz CT molecular complexity index is 576. The Kier molecular flexibility index (Phi) is 6.87. The van der Waals surface area contributed by atoms with Crippen molar-refractivity contribution in [1.29, 1.82) is 0 Å². The van der Waals surface area contributed by atoms with Crippen LogP contribution in [0.2, 0.25) is 0 Å². The van der Waals surface area contributed by atoms with Crippen molar-refractivity contribution < 1.29 is 19.1 Å². The van der Waals surface area contributed by atoms with Crippen molar-refractivity contribution in [2.45, 2.75) is 38.8 Å². The number of Topliss-reactive ketones (excluding diaryl/α,β-unsaturated/α-hetero) is 2. The van der Waals surface area contributed by atoms with Crippen LogP contribution in [0.15, 0.2) is 24.5 Å².